The molecule has 2 aliphatic rings. The second-order valence-corrected chi connectivity index (χ2v) is 11.3. The molecule has 180 valence electrons. The molecule has 0 bridgehead atoms. The van der Waals surface area contributed by atoms with Crippen LogP contribution in [0.2, 0.25) is 0 Å². The molecule has 1 aliphatic carbocycles. The van der Waals surface area contributed by atoms with Crippen LogP contribution in [0.3, 0.4) is 0 Å². The molecule has 0 radical (unpaired) electrons. The fraction of sp³-hybridized carbons (Fsp3) is 0.424. The molecule has 2 nitrogen and oxygen atoms in total. The van der Waals surface area contributed by atoms with Gasteiger partial charge in [-0.1, -0.05) is 51.0 Å². The summed E-state index contributed by atoms with van der Waals surface area (Å²) in [5.74, 6) is 2.66. The summed E-state index contributed by atoms with van der Waals surface area (Å²) in [6.07, 6.45) is 7.72. The highest BCUT2D eigenvalue weighted by Gasteiger charge is 2.39. The van der Waals surface area contributed by atoms with Crippen molar-refractivity contribution in [3.63, 3.8) is 0 Å². The average molecular weight is 465 g/mol. The summed E-state index contributed by atoms with van der Waals surface area (Å²) in [7, 11) is 2.22. The van der Waals surface area contributed by atoms with Gasteiger partial charge in [0.1, 0.15) is 12.8 Å². The van der Waals surface area contributed by atoms with Crippen molar-refractivity contribution in [1.82, 2.24) is 0 Å². The van der Waals surface area contributed by atoms with Gasteiger partial charge < -0.3 is 4.74 Å². The van der Waals surface area contributed by atoms with Gasteiger partial charge in [0.2, 0.25) is 11.3 Å². The first-order chi connectivity index (χ1) is 16.9. The number of fused-ring (bicyclic) bond motifs is 3. The van der Waals surface area contributed by atoms with Crippen molar-refractivity contribution in [3.05, 3.63) is 64.7 Å². The van der Waals surface area contributed by atoms with Crippen molar-refractivity contribution in [1.29, 1.82) is 0 Å². The van der Waals surface area contributed by atoms with Gasteiger partial charge in [0.15, 0.2) is 0 Å². The van der Waals surface area contributed by atoms with Crippen molar-refractivity contribution in [2.24, 2.45) is 12.5 Å². The van der Waals surface area contributed by atoms with E-state index < -0.39 is 0 Å². The van der Waals surface area contributed by atoms with Gasteiger partial charge in [0.25, 0.3) is 5.69 Å². The number of rotatable bonds is 3. The van der Waals surface area contributed by atoms with Crippen molar-refractivity contribution < 1.29 is 9.30 Å². The van der Waals surface area contributed by atoms with E-state index in [-0.39, 0.29) is 0 Å². The minimum Gasteiger partial charge on any atom is -0.449 e. The number of hydrogen-bond acceptors (Lipinski definition) is 1. The van der Waals surface area contributed by atoms with Crippen molar-refractivity contribution in [2.45, 2.75) is 79.1 Å². The molecule has 1 aromatic heterocycles. The Balaban J connectivity index is 1.67. The molecule has 6 rings (SSSR count). The summed E-state index contributed by atoms with van der Waals surface area (Å²) < 4.78 is 9.37. The fourth-order valence-corrected chi connectivity index (χ4v) is 7.16. The molecule has 0 atom stereocenters. The quantitative estimate of drug-likeness (QED) is 0.243. The minimum absolute atomic E-state index is 0.523. The maximum atomic E-state index is 6.98. The van der Waals surface area contributed by atoms with Crippen molar-refractivity contribution >= 4 is 21.7 Å². The predicted octanol–water partition coefficient (Wildman–Crippen LogP) is 8.98. The lowest BCUT2D eigenvalue weighted by Gasteiger charge is -2.40. The van der Waals surface area contributed by atoms with E-state index in [9.17, 15) is 0 Å². The molecule has 2 heterocycles. The van der Waals surface area contributed by atoms with Crippen LogP contribution >= 0.6 is 0 Å². The second kappa shape index (κ2) is 8.08. The third kappa shape index (κ3) is 3.25. The van der Waals surface area contributed by atoms with Gasteiger partial charge in [-0.15, -0.1) is 0 Å². The topological polar surface area (TPSA) is 13.1 Å². The summed E-state index contributed by atoms with van der Waals surface area (Å²) in [4.78, 5) is 0. The lowest BCUT2D eigenvalue weighted by molar-refractivity contribution is -0.633. The van der Waals surface area contributed by atoms with Crippen LogP contribution in [-0.4, -0.2) is 0 Å². The lowest BCUT2D eigenvalue weighted by atomic mass is 9.66. The number of hydrogen-bond donors (Lipinski definition) is 0. The third-order valence-electron chi connectivity index (χ3n) is 9.62. The standard InChI is InChI=1S/C33H38NO/c1-7-33(8-2)15-13-23(14-16-33)29-25-11-9-10-12-26(25)34(6)31-28-22(5)21(4)19-24-17-20(3)18-27(30(24)28)35-32(29)31/h9-12,17-19,23H,7-8,13-16H2,1-6H3/q+1. The summed E-state index contributed by atoms with van der Waals surface area (Å²) >= 11 is 0. The van der Waals surface area contributed by atoms with Crippen LogP contribution in [0.15, 0.2) is 42.5 Å². The number of benzene rings is 3. The van der Waals surface area contributed by atoms with Gasteiger partial charge in [0.05, 0.1) is 10.9 Å². The zero-order valence-corrected chi connectivity index (χ0v) is 22.2. The van der Waals surface area contributed by atoms with Crippen LogP contribution in [-0.2, 0) is 7.05 Å². The van der Waals surface area contributed by atoms with Crippen LogP contribution in [0, 0.1) is 26.2 Å². The Morgan fingerprint density at radius 2 is 1.69 bits per heavy atom. The molecule has 0 amide bonds. The van der Waals surface area contributed by atoms with Crippen LogP contribution in [0.25, 0.3) is 32.9 Å². The number of aromatic nitrogens is 1. The van der Waals surface area contributed by atoms with Gasteiger partial charge in [-0.3, -0.25) is 0 Å². The van der Waals surface area contributed by atoms with E-state index in [0.29, 0.717) is 11.3 Å². The molecule has 4 aromatic rings. The average Bonchev–Trinajstić information content (AvgIpc) is 2.87. The van der Waals surface area contributed by atoms with Crippen LogP contribution in [0.5, 0.6) is 11.5 Å². The van der Waals surface area contributed by atoms with Gasteiger partial charge in [-0.25, -0.2) is 0 Å². The van der Waals surface area contributed by atoms with Gasteiger partial charge in [-0.2, -0.15) is 4.57 Å². The number of pyridine rings is 1. The zero-order valence-electron chi connectivity index (χ0n) is 22.2. The van der Waals surface area contributed by atoms with Gasteiger partial charge >= 0.3 is 0 Å². The highest BCUT2D eigenvalue weighted by molar-refractivity contribution is 6.06. The molecule has 2 heteroatoms. The number of ether oxygens (including phenoxy) is 1. The Bertz CT molecular complexity index is 1480. The number of nitrogens with zero attached hydrogens (tertiary/aromatic N) is 1. The molecule has 0 N–H and O–H groups in total. The zero-order chi connectivity index (χ0) is 24.5. The Hall–Kier alpha value is -2.87. The molecule has 0 unspecified atom stereocenters. The fourth-order valence-electron chi connectivity index (χ4n) is 7.16. The molecule has 0 saturated heterocycles. The summed E-state index contributed by atoms with van der Waals surface area (Å²) in [6, 6.07) is 15.9. The van der Waals surface area contributed by atoms with Crippen LogP contribution < -0.4 is 9.30 Å². The summed E-state index contributed by atoms with van der Waals surface area (Å²) in [6.45, 7) is 11.5. The van der Waals surface area contributed by atoms with Gasteiger partial charge in [0, 0.05) is 17.0 Å². The molecule has 1 saturated carbocycles. The minimum atomic E-state index is 0.523. The lowest BCUT2D eigenvalue weighted by Crippen LogP contribution is -2.35. The van der Waals surface area contributed by atoms with E-state index in [1.54, 1.807) is 0 Å². The van der Waals surface area contributed by atoms with Crippen LogP contribution in [0.1, 0.15) is 80.5 Å². The SMILES string of the molecule is CCC1(CC)CCC(c2c3c([n+](C)c4ccccc24)-c2c(C)c(C)cc4cc(C)cc(c24)O3)CC1. The molecule has 1 aliphatic heterocycles. The summed E-state index contributed by atoms with van der Waals surface area (Å²) in [5.41, 5.74) is 9.85. The molecular formula is C33H38NO+. The summed E-state index contributed by atoms with van der Waals surface area (Å²) in [5, 5.41) is 3.91. The van der Waals surface area contributed by atoms with E-state index in [0.717, 1.165) is 11.5 Å². The first-order valence-corrected chi connectivity index (χ1v) is 13.5. The molecular weight excluding hydrogens is 426 g/mol. The van der Waals surface area contributed by atoms with E-state index in [4.69, 9.17) is 4.74 Å². The maximum absolute atomic E-state index is 6.98. The Labute approximate surface area is 209 Å². The number of aryl methyl sites for hydroxylation is 3. The van der Waals surface area contributed by atoms with E-state index >= 15 is 0 Å². The number of para-hydroxylation sites is 1. The molecule has 35 heavy (non-hydrogen) atoms. The molecule has 1 fully saturated rings. The smallest absolute Gasteiger partial charge is 0.257 e. The van der Waals surface area contributed by atoms with E-state index in [2.05, 4.69) is 88.7 Å². The largest absolute Gasteiger partial charge is 0.449 e. The highest BCUT2D eigenvalue weighted by atomic mass is 16.5. The van der Waals surface area contributed by atoms with Crippen molar-refractivity contribution in [2.75, 3.05) is 0 Å². The second-order valence-electron chi connectivity index (χ2n) is 11.3. The highest BCUT2D eigenvalue weighted by Crippen LogP contribution is 2.55. The van der Waals surface area contributed by atoms with Gasteiger partial charge in [-0.05, 0) is 92.0 Å². The van der Waals surface area contributed by atoms with E-state index in [1.165, 1.54) is 93.7 Å². The monoisotopic (exact) mass is 464 g/mol. The van der Waals surface area contributed by atoms with E-state index in [1.807, 2.05) is 0 Å². The molecule has 3 aromatic carbocycles. The van der Waals surface area contributed by atoms with Crippen LogP contribution in [0.4, 0.5) is 0 Å². The normalized spacial score (nSPS) is 17.0. The Kier molecular flexibility index (Phi) is 5.22. The maximum Gasteiger partial charge on any atom is 0.257 e. The Morgan fingerprint density at radius 3 is 2.40 bits per heavy atom. The van der Waals surface area contributed by atoms with Crippen molar-refractivity contribution in [3.8, 4) is 22.8 Å². The molecule has 0 spiro atoms. The third-order valence-corrected chi connectivity index (χ3v) is 9.62. The Morgan fingerprint density at radius 1 is 0.971 bits per heavy atom. The first-order valence-electron chi connectivity index (χ1n) is 13.5. The first kappa shape index (κ1) is 22.6. The predicted molar refractivity (Wildman–Crippen MR) is 147 cm³/mol.